The lowest BCUT2D eigenvalue weighted by molar-refractivity contribution is 1.08. The molecule has 55 heavy (non-hydrogen) atoms. The van der Waals surface area contributed by atoms with Crippen LogP contribution in [0.2, 0.25) is 0 Å². The summed E-state index contributed by atoms with van der Waals surface area (Å²) in [5, 5.41) is 11.3. The second-order valence-corrected chi connectivity index (χ2v) is 15.0. The highest BCUT2D eigenvalue weighted by molar-refractivity contribution is 7.22. The Morgan fingerprint density at radius 1 is 0.309 bits per heavy atom. The van der Waals surface area contributed by atoms with Crippen molar-refractivity contribution in [2.75, 3.05) is 0 Å². The number of hydrogen-bond acceptors (Lipinski definition) is 4. The predicted octanol–water partition coefficient (Wildman–Crippen LogP) is 14.0. The Kier molecular flexibility index (Phi) is 7.35. The SMILES string of the molecule is c1ccc(-c2ccccc2-c2nc(-c3cccc(-c4cc5c6ccccc6c6ccccc6c5c5ccccc45)c3)nc(-c3cc4ccccc4s3)n2)cc1. The molecule has 2 aromatic heterocycles. The number of aromatic nitrogens is 3. The van der Waals surface area contributed by atoms with Gasteiger partial charge in [0.05, 0.1) is 4.88 Å². The zero-order valence-electron chi connectivity index (χ0n) is 29.6. The maximum absolute atomic E-state index is 5.24. The Balaban J connectivity index is 1.14. The zero-order valence-corrected chi connectivity index (χ0v) is 30.5. The summed E-state index contributed by atoms with van der Waals surface area (Å²) < 4.78 is 1.20. The largest absolute Gasteiger partial charge is 0.208 e. The highest BCUT2D eigenvalue weighted by Crippen LogP contribution is 2.43. The Bertz CT molecular complexity index is 3240. The molecule has 0 aliphatic carbocycles. The first-order valence-corrected chi connectivity index (χ1v) is 19.3. The molecule has 0 atom stereocenters. The molecule has 0 saturated heterocycles. The molecule has 0 saturated carbocycles. The van der Waals surface area contributed by atoms with Crippen LogP contribution in [-0.2, 0) is 0 Å². The van der Waals surface area contributed by atoms with E-state index in [2.05, 4.69) is 182 Å². The zero-order chi connectivity index (χ0) is 36.3. The van der Waals surface area contributed by atoms with E-state index in [9.17, 15) is 0 Å². The normalized spacial score (nSPS) is 11.6. The second kappa shape index (κ2) is 12.8. The van der Waals surface area contributed by atoms with E-state index in [0.717, 1.165) is 32.7 Å². The Morgan fingerprint density at radius 3 is 1.64 bits per heavy atom. The van der Waals surface area contributed by atoms with Gasteiger partial charge in [0.25, 0.3) is 0 Å². The van der Waals surface area contributed by atoms with Crippen molar-refractivity contribution in [3.05, 3.63) is 188 Å². The van der Waals surface area contributed by atoms with E-state index < -0.39 is 0 Å². The maximum atomic E-state index is 5.24. The van der Waals surface area contributed by atoms with Crippen molar-refractivity contribution in [3.63, 3.8) is 0 Å². The molecule has 256 valence electrons. The molecule has 0 unspecified atom stereocenters. The lowest BCUT2D eigenvalue weighted by atomic mass is 9.87. The first-order valence-electron chi connectivity index (χ1n) is 18.5. The van der Waals surface area contributed by atoms with E-state index in [0.29, 0.717) is 17.5 Å². The Hall–Kier alpha value is -7.01. The highest BCUT2D eigenvalue weighted by Gasteiger charge is 2.19. The molecule has 3 nitrogen and oxygen atoms in total. The predicted molar refractivity (Wildman–Crippen MR) is 232 cm³/mol. The van der Waals surface area contributed by atoms with Gasteiger partial charge in [0.1, 0.15) is 0 Å². The van der Waals surface area contributed by atoms with Gasteiger partial charge in [0.2, 0.25) is 0 Å². The lowest BCUT2D eigenvalue weighted by Crippen LogP contribution is -2.00. The van der Waals surface area contributed by atoms with Crippen LogP contribution in [-0.4, -0.2) is 15.0 Å². The van der Waals surface area contributed by atoms with Crippen LogP contribution in [0.3, 0.4) is 0 Å². The molecule has 0 spiro atoms. The summed E-state index contributed by atoms with van der Waals surface area (Å²) in [5.41, 5.74) is 6.40. The van der Waals surface area contributed by atoms with Crippen molar-refractivity contribution in [2.45, 2.75) is 0 Å². The van der Waals surface area contributed by atoms with Crippen LogP contribution in [0.1, 0.15) is 0 Å². The molecule has 0 radical (unpaired) electrons. The van der Waals surface area contributed by atoms with Gasteiger partial charge in [-0.25, -0.2) is 15.0 Å². The maximum Gasteiger partial charge on any atom is 0.174 e. The van der Waals surface area contributed by atoms with Crippen molar-refractivity contribution in [3.8, 4) is 55.7 Å². The molecule has 11 rings (SSSR count). The van der Waals surface area contributed by atoms with Crippen LogP contribution in [0, 0.1) is 0 Å². The third-order valence-electron chi connectivity index (χ3n) is 10.7. The van der Waals surface area contributed by atoms with Gasteiger partial charge in [0, 0.05) is 15.8 Å². The van der Waals surface area contributed by atoms with Gasteiger partial charge in [0.15, 0.2) is 17.5 Å². The fourth-order valence-electron chi connectivity index (χ4n) is 8.21. The lowest BCUT2D eigenvalue weighted by Gasteiger charge is -2.16. The van der Waals surface area contributed by atoms with E-state index in [4.69, 9.17) is 15.0 Å². The van der Waals surface area contributed by atoms with Crippen LogP contribution < -0.4 is 0 Å². The minimum absolute atomic E-state index is 0.642. The molecule has 2 heterocycles. The van der Waals surface area contributed by atoms with Gasteiger partial charge in [-0.1, -0.05) is 164 Å². The molecule has 0 aliphatic heterocycles. The van der Waals surface area contributed by atoms with Gasteiger partial charge in [-0.2, -0.15) is 0 Å². The molecule has 9 aromatic carbocycles. The van der Waals surface area contributed by atoms with E-state index in [1.807, 2.05) is 6.07 Å². The number of benzene rings is 9. The molecular weight excluding hydrogens is 687 g/mol. The second-order valence-electron chi connectivity index (χ2n) is 13.9. The molecule has 11 aromatic rings. The fourth-order valence-corrected chi connectivity index (χ4v) is 9.20. The average molecular weight is 718 g/mol. The van der Waals surface area contributed by atoms with Gasteiger partial charge in [-0.15, -0.1) is 11.3 Å². The topological polar surface area (TPSA) is 38.7 Å². The van der Waals surface area contributed by atoms with E-state index >= 15 is 0 Å². The van der Waals surface area contributed by atoms with Crippen molar-refractivity contribution in [1.29, 1.82) is 0 Å². The van der Waals surface area contributed by atoms with E-state index in [1.54, 1.807) is 11.3 Å². The standard InChI is InChI=1S/C51H31N3S/c1-2-15-32(16-3-1)36-20-5-12-27-43(36)50-52-49(53-51(54-50)47-30-34-17-4-13-28-46(34)55-47)35-19-14-18-33(29-35)44-31-45-39-23-7-6-21-37(39)38-22-8-10-25-41(38)48(45)42-26-11-9-24-40(42)44/h1-31H. The summed E-state index contributed by atoms with van der Waals surface area (Å²) in [6, 6.07) is 67.0. The van der Waals surface area contributed by atoms with Gasteiger partial charge < -0.3 is 0 Å². The van der Waals surface area contributed by atoms with Crippen LogP contribution in [0.15, 0.2) is 188 Å². The monoisotopic (exact) mass is 717 g/mol. The minimum atomic E-state index is 0.642. The summed E-state index contributed by atoms with van der Waals surface area (Å²) in [7, 11) is 0. The van der Waals surface area contributed by atoms with Crippen molar-refractivity contribution in [2.24, 2.45) is 0 Å². The van der Waals surface area contributed by atoms with Crippen LogP contribution in [0.25, 0.3) is 109 Å². The summed E-state index contributed by atoms with van der Waals surface area (Å²) >= 11 is 1.71. The Labute approximate surface area is 321 Å². The van der Waals surface area contributed by atoms with Crippen LogP contribution in [0.5, 0.6) is 0 Å². The van der Waals surface area contributed by atoms with E-state index in [-0.39, 0.29) is 0 Å². The number of fused-ring (bicyclic) bond motifs is 9. The number of hydrogen-bond donors (Lipinski definition) is 0. The van der Waals surface area contributed by atoms with Crippen molar-refractivity contribution < 1.29 is 0 Å². The number of nitrogens with zero attached hydrogens (tertiary/aromatic N) is 3. The first-order chi connectivity index (χ1) is 27.3. The molecule has 0 fully saturated rings. The highest BCUT2D eigenvalue weighted by atomic mass is 32.1. The number of rotatable bonds is 5. The van der Waals surface area contributed by atoms with Gasteiger partial charge in [-0.3, -0.25) is 0 Å². The third kappa shape index (κ3) is 5.30. The summed E-state index contributed by atoms with van der Waals surface area (Å²) in [6.45, 7) is 0. The molecule has 4 heteroatoms. The van der Waals surface area contributed by atoms with Gasteiger partial charge >= 0.3 is 0 Å². The summed E-state index contributed by atoms with van der Waals surface area (Å²) in [6.07, 6.45) is 0. The first kappa shape index (κ1) is 31.5. The smallest absolute Gasteiger partial charge is 0.174 e. The molecule has 0 N–H and O–H groups in total. The summed E-state index contributed by atoms with van der Waals surface area (Å²) in [5.74, 6) is 1.96. The molecule has 0 amide bonds. The molecule has 0 bridgehead atoms. The van der Waals surface area contributed by atoms with Crippen molar-refractivity contribution in [1.82, 2.24) is 15.0 Å². The third-order valence-corrected chi connectivity index (χ3v) is 11.8. The number of thiophene rings is 1. The van der Waals surface area contributed by atoms with E-state index in [1.165, 1.54) is 58.7 Å². The molecule has 0 aliphatic rings. The average Bonchev–Trinajstić information content (AvgIpc) is 3.71. The molecular formula is C51H31N3S. The minimum Gasteiger partial charge on any atom is -0.208 e. The quantitative estimate of drug-likeness (QED) is 0.166. The Morgan fingerprint density at radius 2 is 0.855 bits per heavy atom. The van der Waals surface area contributed by atoms with Crippen LogP contribution in [0.4, 0.5) is 0 Å². The summed E-state index contributed by atoms with van der Waals surface area (Å²) in [4.78, 5) is 16.6. The van der Waals surface area contributed by atoms with Crippen molar-refractivity contribution >= 4 is 64.5 Å². The van der Waals surface area contributed by atoms with Gasteiger partial charge in [-0.05, 0) is 95.0 Å². The van der Waals surface area contributed by atoms with Crippen LogP contribution >= 0.6 is 11.3 Å². The fraction of sp³-hybridized carbons (Fsp3) is 0.